The molecule has 131 heavy (non-hydrogen) atoms. The molecule has 0 radical (unpaired) electrons. The van der Waals surface area contributed by atoms with Crippen molar-refractivity contribution in [2.75, 3.05) is 36.1 Å². The van der Waals surface area contributed by atoms with Gasteiger partial charge in [0.15, 0.2) is 0 Å². The number of benzene rings is 9. The lowest BCUT2D eigenvalue weighted by Gasteiger charge is -2.19. The summed E-state index contributed by atoms with van der Waals surface area (Å²) >= 11 is 0. The van der Waals surface area contributed by atoms with E-state index >= 15 is 0 Å². The van der Waals surface area contributed by atoms with E-state index in [1.54, 1.807) is 102 Å². The Labute approximate surface area is 752 Å². The number of carbonyl (C=O) groups excluding carboxylic acids is 8. The maximum absolute atomic E-state index is 14.7. The van der Waals surface area contributed by atoms with Crippen molar-refractivity contribution in [1.82, 2.24) is 60.4 Å². The second-order valence-corrected chi connectivity index (χ2v) is 32.3. The highest BCUT2D eigenvalue weighted by Crippen LogP contribution is 2.37. The third-order valence-corrected chi connectivity index (χ3v) is 22.1. The van der Waals surface area contributed by atoms with Gasteiger partial charge in [0.2, 0.25) is 0 Å². The summed E-state index contributed by atoms with van der Waals surface area (Å²) in [4.78, 5) is 97.9. The summed E-state index contributed by atoms with van der Waals surface area (Å²) in [6, 6.07) is 51.5. The van der Waals surface area contributed by atoms with Crippen molar-refractivity contribution in [2.45, 2.75) is 127 Å². The Kier molecular flexibility index (Phi) is 31.0. The van der Waals surface area contributed by atoms with Crippen LogP contribution in [0.1, 0.15) is 199 Å². The molecular formula is C97H103F5N20O9. The molecule has 14 rings (SSSR count). The molecule has 5 heterocycles. The van der Waals surface area contributed by atoms with Crippen molar-refractivity contribution < 1.29 is 65.0 Å². The molecule has 13 aromatic rings. The van der Waals surface area contributed by atoms with Gasteiger partial charge in [-0.1, -0.05) is 153 Å². The molecule has 0 saturated carbocycles. The average Bonchev–Trinajstić information content (AvgIpc) is 1.66. The summed E-state index contributed by atoms with van der Waals surface area (Å²) in [5, 5.41) is 29.0. The van der Waals surface area contributed by atoms with Gasteiger partial charge in [-0.05, 0) is 167 Å². The van der Waals surface area contributed by atoms with Crippen LogP contribution in [0, 0.1) is 68.6 Å². The van der Waals surface area contributed by atoms with Crippen molar-refractivity contribution >= 4 is 70.5 Å². The number of rotatable bonds is 27. The molecule has 29 nitrogen and oxygen atoms in total. The summed E-state index contributed by atoms with van der Waals surface area (Å²) < 4.78 is 80.4. The van der Waals surface area contributed by atoms with Crippen molar-refractivity contribution in [2.24, 2.45) is 34.8 Å². The number of hydrogen-bond acceptors (Lipinski definition) is 17. The van der Waals surface area contributed by atoms with Crippen LogP contribution in [0.4, 0.5) is 45.2 Å². The summed E-state index contributed by atoms with van der Waals surface area (Å²) in [5.41, 5.74) is 58.8. The fourth-order valence-electron chi connectivity index (χ4n) is 14.7. The van der Waals surface area contributed by atoms with Crippen LogP contribution in [0.5, 0.6) is 0 Å². The largest absolute Gasteiger partial charge is 0.383 e. The summed E-state index contributed by atoms with van der Waals surface area (Å²) in [7, 11) is 0. The fourth-order valence-corrected chi connectivity index (χ4v) is 14.7. The van der Waals surface area contributed by atoms with E-state index in [1.807, 2.05) is 108 Å². The number of amides is 8. The number of aryl methyl sites for hydroxylation is 4. The number of ether oxygens (including phenoxy) is 1. The van der Waals surface area contributed by atoms with Crippen molar-refractivity contribution in [3.63, 3.8) is 0 Å². The predicted molar refractivity (Wildman–Crippen MR) is 491 cm³/mol. The van der Waals surface area contributed by atoms with E-state index in [-0.39, 0.29) is 130 Å². The maximum atomic E-state index is 14.7. The number of aromatic nitrogens is 8. The third-order valence-electron chi connectivity index (χ3n) is 22.1. The zero-order chi connectivity index (χ0) is 95.1. The number of nitrogen functional groups attached to an aromatic ring is 4. The standard InChI is InChI=1S/C27H26FN5O2.C25H28FN5O3.C23H26FN5O2.C22H23F2N5O2/c1-16-8-13-21(28)14-22(16)27(35)31-15-18-9-11-20(12-10-18)24-23(26(30)34)25(29)33(32-24)17(2)19-6-4-3-5-7-19;1-14-3-8-19(26)11-20(14)25(33)29-12-16-4-6-17(7-5-16)22-21(24(28)32)23(27)31(30-22)15(2)18-9-10-34-13-18;1-13(2)12-29-21(25)19(22(26)30)20(28-29)16-7-5-15(6-8-16)11-27-23(31)18-10-17(24)9-4-14(18)3;1-11(2)29-20(25)18(21(26)30)19(28-29)13-5-6-14(17(24)8-13)10-27-22(31)16-9-15(23)7-4-12(16)3/h3-14,17H,15,29H2,1-2H3,(H2,30,34)(H,31,35);3-8,11,15,18H,9-10,12-13,27H2,1-2H3,(H2,28,32)(H,29,33);4-10,13H,11-12,25H2,1-3H3,(H2,26,30)(H,27,31);4-9,11H,10,25H2,1-3H3,(H2,26,30)(H,27,31). The molecule has 1 aliphatic rings. The first kappa shape index (κ1) is 96.0. The van der Waals surface area contributed by atoms with Gasteiger partial charge >= 0.3 is 0 Å². The zero-order valence-corrected chi connectivity index (χ0v) is 73.8. The molecule has 8 amide bonds. The van der Waals surface area contributed by atoms with Crippen LogP contribution < -0.4 is 67.1 Å². The minimum atomic E-state index is -0.762. The average molecular weight is 1790 g/mol. The van der Waals surface area contributed by atoms with Gasteiger partial charge in [-0.3, -0.25) is 38.4 Å². The Morgan fingerprint density at radius 3 is 1.09 bits per heavy atom. The van der Waals surface area contributed by atoms with Gasteiger partial charge in [0.25, 0.3) is 47.3 Å². The zero-order valence-electron chi connectivity index (χ0n) is 73.8. The molecule has 1 aliphatic heterocycles. The molecule has 20 N–H and O–H groups in total. The molecular weight excluding hydrogens is 1680 g/mol. The predicted octanol–water partition coefficient (Wildman–Crippen LogP) is 14.0. The number of hydrogen-bond donors (Lipinski definition) is 12. The third kappa shape index (κ3) is 23.0. The molecule has 4 aromatic heterocycles. The smallest absolute Gasteiger partial charge is 0.254 e. The lowest BCUT2D eigenvalue weighted by Crippen LogP contribution is -2.24. The van der Waals surface area contributed by atoms with E-state index in [2.05, 4.69) is 41.7 Å². The van der Waals surface area contributed by atoms with Gasteiger partial charge in [-0.25, -0.2) is 40.7 Å². The molecule has 680 valence electrons. The monoisotopic (exact) mass is 1790 g/mol. The van der Waals surface area contributed by atoms with Crippen LogP contribution in [0.2, 0.25) is 0 Å². The maximum Gasteiger partial charge on any atom is 0.254 e. The van der Waals surface area contributed by atoms with Crippen molar-refractivity contribution in [3.8, 4) is 45.0 Å². The SMILES string of the molecule is Cc1ccc(F)cc1C(=O)NCc1ccc(-c2nn(C(C)C)c(N)c2C(N)=O)cc1F.Cc1ccc(F)cc1C(=O)NCc1ccc(-c2nn(C(C)C3CCOC3)c(N)c2C(N)=O)cc1.Cc1ccc(F)cc1C(=O)NCc1ccc(-c2nn(C(C)c3ccccc3)c(N)c2C(N)=O)cc1.Cc1ccc(F)cc1C(=O)NCc1ccc(-c2nn(CC(C)C)c(N)c2C(N)=O)cc1. The molecule has 3 unspecified atom stereocenters. The van der Waals surface area contributed by atoms with Gasteiger partial charge < -0.3 is 71.9 Å². The van der Waals surface area contributed by atoms with E-state index in [9.17, 15) is 60.3 Å². The van der Waals surface area contributed by atoms with Gasteiger partial charge in [-0.2, -0.15) is 20.4 Å². The van der Waals surface area contributed by atoms with E-state index in [1.165, 1.54) is 65.3 Å². The molecule has 34 heteroatoms. The van der Waals surface area contributed by atoms with Gasteiger partial charge in [-0.15, -0.1) is 0 Å². The fraction of sp³-hybridized carbons (Fsp3) is 0.237. The molecule has 0 aliphatic carbocycles. The highest BCUT2D eigenvalue weighted by atomic mass is 19.1. The number of nitrogens with one attached hydrogen (secondary N) is 4. The first-order valence-corrected chi connectivity index (χ1v) is 41.8. The molecule has 0 spiro atoms. The Hall–Kier alpha value is -15.6. The Balaban J connectivity index is 0.000000169. The van der Waals surface area contributed by atoms with Crippen LogP contribution in [0.3, 0.4) is 0 Å². The van der Waals surface area contributed by atoms with E-state index in [4.69, 9.17) is 50.6 Å². The number of nitrogens with two attached hydrogens (primary N) is 8. The Bertz CT molecular complexity index is 6420. The van der Waals surface area contributed by atoms with E-state index in [0.29, 0.717) is 104 Å². The van der Waals surface area contributed by atoms with Crippen molar-refractivity contribution in [3.05, 3.63) is 318 Å². The second kappa shape index (κ2) is 42.3. The number of carbonyl (C=O) groups is 8. The lowest BCUT2D eigenvalue weighted by atomic mass is 10.0. The highest BCUT2D eigenvalue weighted by molar-refractivity contribution is 6.06. The lowest BCUT2D eigenvalue weighted by molar-refractivity contribution is 0.0941. The normalized spacial score (nSPS) is 12.6. The highest BCUT2D eigenvalue weighted by Gasteiger charge is 2.32. The summed E-state index contributed by atoms with van der Waals surface area (Å²) in [6.07, 6.45) is 0.900. The van der Waals surface area contributed by atoms with Gasteiger partial charge in [0, 0.05) is 101 Å². The van der Waals surface area contributed by atoms with Crippen LogP contribution >= 0.6 is 0 Å². The van der Waals surface area contributed by atoms with Crippen LogP contribution in [-0.4, -0.2) is 99.6 Å². The molecule has 1 saturated heterocycles. The second-order valence-electron chi connectivity index (χ2n) is 32.3. The number of primary amides is 4. The molecule has 0 bridgehead atoms. The topological polar surface area (TPSA) is 473 Å². The van der Waals surface area contributed by atoms with E-state index in [0.717, 1.165) is 34.7 Å². The minimum Gasteiger partial charge on any atom is -0.383 e. The van der Waals surface area contributed by atoms with E-state index < -0.39 is 58.6 Å². The van der Waals surface area contributed by atoms with Crippen LogP contribution in [0.25, 0.3) is 45.0 Å². The van der Waals surface area contributed by atoms with Crippen LogP contribution in [0.15, 0.2) is 194 Å². The van der Waals surface area contributed by atoms with Crippen molar-refractivity contribution in [1.29, 1.82) is 0 Å². The van der Waals surface area contributed by atoms with Gasteiger partial charge in [0.1, 0.15) is 97.4 Å². The summed E-state index contributed by atoms with van der Waals surface area (Å²) in [6.45, 7) is 21.2. The number of halogens is 5. The minimum absolute atomic E-state index is 0.0238. The number of nitrogens with zero attached hydrogens (tertiary/aromatic N) is 8. The molecule has 3 atom stereocenters. The first-order chi connectivity index (χ1) is 62.3. The summed E-state index contributed by atoms with van der Waals surface area (Å²) in [5.74, 6) is -5.45. The Morgan fingerprint density at radius 1 is 0.397 bits per heavy atom. The Morgan fingerprint density at radius 2 is 0.733 bits per heavy atom. The van der Waals surface area contributed by atoms with Gasteiger partial charge in [0.05, 0.1) is 18.7 Å². The number of anilines is 4. The molecule has 1 fully saturated rings. The first-order valence-electron chi connectivity index (χ1n) is 41.8. The molecule has 9 aromatic carbocycles. The van der Waals surface area contributed by atoms with Crippen LogP contribution in [-0.2, 0) is 37.5 Å². The quantitative estimate of drug-likeness (QED) is 0.0213.